The Labute approximate surface area is 136 Å². The van der Waals surface area contributed by atoms with Crippen molar-refractivity contribution < 1.29 is 9.59 Å². The van der Waals surface area contributed by atoms with Crippen LogP contribution in [0.4, 0.5) is 5.69 Å². The average Bonchev–Trinajstić information content (AvgIpc) is 2.58. The molecule has 0 N–H and O–H groups in total. The number of likely N-dealkylation sites (N-methyl/N-ethyl adjacent to an activating group) is 1. The quantitative estimate of drug-likeness (QED) is 0.875. The van der Waals surface area contributed by atoms with Crippen LogP contribution in [0.5, 0.6) is 0 Å². The van der Waals surface area contributed by atoms with Gasteiger partial charge in [0.15, 0.2) is 0 Å². The van der Waals surface area contributed by atoms with Crippen LogP contribution in [0.15, 0.2) is 54.6 Å². The second kappa shape index (κ2) is 6.24. The number of hydrogen-bond donors (Lipinski definition) is 0. The minimum atomic E-state index is -0.399. The molecule has 0 aliphatic carbocycles. The molecular weight excluding hydrogens is 288 g/mol. The van der Waals surface area contributed by atoms with Crippen molar-refractivity contribution in [1.29, 1.82) is 0 Å². The largest absolute Gasteiger partial charge is 0.341 e. The first-order valence-electron chi connectivity index (χ1n) is 7.72. The van der Waals surface area contributed by atoms with Gasteiger partial charge in [-0.25, -0.2) is 0 Å². The number of amides is 2. The maximum atomic E-state index is 12.9. The normalized spacial score (nSPS) is 16.9. The molecule has 1 aliphatic heterocycles. The molecule has 4 heteroatoms. The van der Waals surface area contributed by atoms with Crippen molar-refractivity contribution in [3.8, 4) is 0 Å². The van der Waals surface area contributed by atoms with Gasteiger partial charge in [-0.1, -0.05) is 48.5 Å². The van der Waals surface area contributed by atoms with E-state index in [1.807, 2.05) is 54.6 Å². The summed E-state index contributed by atoms with van der Waals surface area (Å²) >= 11 is 0. The van der Waals surface area contributed by atoms with Crippen LogP contribution in [0.3, 0.4) is 0 Å². The van der Waals surface area contributed by atoms with Gasteiger partial charge in [0.1, 0.15) is 0 Å². The van der Waals surface area contributed by atoms with Gasteiger partial charge >= 0.3 is 0 Å². The summed E-state index contributed by atoms with van der Waals surface area (Å²) in [5.41, 5.74) is 2.84. The van der Waals surface area contributed by atoms with Crippen LogP contribution in [-0.2, 0) is 16.1 Å². The Hall–Kier alpha value is -2.62. The highest BCUT2D eigenvalue weighted by molar-refractivity contribution is 6.02. The summed E-state index contributed by atoms with van der Waals surface area (Å²) in [6.07, 6.45) is 0.228. The predicted octanol–water partition coefficient (Wildman–Crippen LogP) is 2.80. The first-order valence-corrected chi connectivity index (χ1v) is 7.72. The summed E-state index contributed by atoms with van der Waals surface area (Å²) in [7, 11) is 3.55. The van der Waals surface area contributed by atoms with Gasteiger partial charge in [0, 0.05) is 32.7 Å². The Morgan fingerprint density at radius 1 is 1.13 bits per heavy atom. The van der Waals surface area contributed by atoms with E-state index in [9.17, 15) is 9.59 Å². The minimum Gasteiger partial charge on any atom is -0.341 e. The van der Waals surface area contributed by atoms with Crippen molar-refractivity contribution in [1.82, 2.24) is 4.90 Å². The molecule has 0 spiro atoms. The highest BCUT2D eigenvalue weighted by Crippen LogP contribution is 2.36. The lowest BCUT2D eigenvalue weighted by Gasteiger charge is -2.33. The lowest BCUT2D eigenvalue weighted by molar-refractivity contribution is -0.134. The fourth-order valence-corrected chi connectivity index (χ4v) is 3.07. The van der Waals surface area contributed by atoms with Crippen molar-refractivity contribution in [3.05, 3.63) is 65.7 Å². The summed E-state index contributed by atoms with van der Waals surface area (Å²) in [4.78, 5) is 28.4. The highest BCUT2D eigenvalue weighted by Gasteiger charge is 2.34. The molecule has 1 heterocycles. The van der Waals surface area contributed by atoms with Crippen LogP contribution in [-0.4, -0.2) is 30.8 Å². The molecule has 2 aromatic rings. The van der Waals surface area contributed by atoms with Crippen LogP contribution in [0, 0.1) is 0 Å². The van der Waals surface area contributed by atoms with Crippen molar-refractivity contribution in [2.75, 3.05) is 19.0 Å². The molecule has 1 aliphatic rings. The molecule has 118 valence electrons. The van der Waals surface area contributed by atoms with Crippen molar-refractivity contribution in [2.24, 2.45) is 0 Å². The zero-order valence-electron chi connectivity index (χ0n) is 13.4. The van der Waals surface area contributed by atoms with E-state index in [1.165, 1.54) is 0 Å². The summed E-state index contributed by atoms with van der Waals surface area (Å²) in [6, 6.07) is 17.5. The smallest absolute Gasteiger partial charge is 0.230 e. The molecule has 3 rings (SSSR count). The van der Waals surface area contributed by atoms with Gasteiger partial charge in [0.2, 0.25) is 11.8 Å². The molecule has 0 bridgehead atoms. The van der Waals surface area contributed by atoms with Crippen LogP contribution < -0.4 is 4.90 Å². The van der Waals surface area contributed by atoms with E-state index < -0.39 is 5.92 Å². The third-order valence-electron chi connectivity index (χ3n) is 4.36. The Bertz CT molecular complexity index is 727. The number of nitrogens with zero attached hydrogens (tertiary/aromatic N) is 2. The fourth-order valence-electron chi connectivity index (χ4n) is 3.07. The second-order valence-corrected chi connectivity index (χ2v) is 5.95. The van der Waals surface area contributed by atoms with Crippen molar-refractivity contribution >= 4 is 17.5 Å². The van der Waals surface area contributed by atoms with Gasteiger partial charge in [-0.05, 0) is 17.2 Å². The molecule has 0 radical (unpaired) electrons. The van der Waals surface area contributed by atoms with Gasteiger partial charge in [-0.3, -0.25) is 9.59 Å². The Balaban J connectivity index is 1.84. The van der Waals surface area contributed by atoms with Crippen molar-refractivity contribution in [3.63, 3.8) is 0 Å². The number of para-hydroxylation sites is 1. The van der Waals surface area contributed by atoms with E-state index in [2.05, 4.69) is 0 Å². The van der Waals surface area contributed by atoms with E-state index in [4.69, 9.17) is 0 Å². The molecule has 2 aromatic carbocycles. The zero-order valence-corrected chi connectivity index (χ0v) is 13.4. The van der Waals surface area contributed by atoms with Gasteiger partial charge in [-0.2, -0.15) is 0 Å². The Kier molecular flexibility index (Phi) is 4.15. The van der Waals surface area contributed by atoms with Gasteiger partial charge in [-0.15, -0.1) is 0 Å². The topological polar surface area (TPSA) is 40.6 Å². The highest BCUT2D eigenvalue weighted by atomic mass is 16.2. The lowest BCUT2D eigenvalue weighted by Crippen LogP contribution is -2.39. The van der Waals surface area contributed by atoms with Crippen LogP contribution in [0.25, 0.3) is 0 Å². The van der Waals surface area contributed by atoms with E-state index in [1.54, 1.807) is 23.9 Å². The Morgan fingerprint density at radius 2 is 1.78 bits per heavy atom. The van der Waals surface area contributed by atoms with E-state index in [0.717, 1.165) is 16.8 Å². The number of carbonyl (C=O) groups is 2. The zero-order chi connectivity index (χ0) is 16.4. The second-order valence-electron chi connectivity index (χ2n) is 5.95. The number of fused-ring (bicyclic) bond motifs is 1. The minimum absolute atomic E-state index is 0.0113. The van der Waals surface area contributed by atoms with Crippen LogP contribution >= 0.6 is 0 Å². The van der Waals surface area contributed by atoms with Crippen LogP contribution in [0.2, 0.25) is 0 Å². The number of hydrogen-bond acceptors (Lipinski definition) is 2. The van der Waals surface area contributed by atoms with E-state index in [0.29, 0.717) is 6.54 Å². The monoisotopic (exact) mass is 308 g/mol. The van der Waals surface area contributed by atoms with Gasteiger partial charge < -0.3 is 9.80 Å². The average molecular weight is 308 g/mol. The SMILES string of the molecule is CN(Cc1ccccc1)C(=O)C1CC(=O)N(C)c2ccccc21. The number of carbonyl (C=O) groups excluding carboxylic acids is 2. The van der Waals surface area contributed by atoms with Crippen LogP contribution in [0.1, 0.15) is 23.5 Å². The molecular formula is C19H20N2O2. The first kappa shape index (κ1) is 15.3. The Morgan fingerprint density at radius 3 is 2.52 bits per heavy atom. The molecule has 0 aromatic heterocycles. The molecule has 23 heavy (non-hydrogen) atoms. The molecule has 0 fully saturated rings. The first-order chi connectivity index (χ1) is 11.1. The van der Waals surface area contributed by atoms with E-state index >= 15 is 0 Å². The molecule has 0 saturated carbocycles. The number of benzene rings is 2. The molecule has 2 amide bonds. The summed E-state index contributed by atoms with van der Waals surface area (Å²) in [5.74, 6) is -0.429. The third kappa shape index (κ3) is 2.97. The maximum Gasteiger partial charge on any atom is 0.230 e. The van der Waals surface area contributed by atoms with Gasteiger partial charge in [0.25, 0.3) is 0 Å². The summed E-state index contributed by atoms with van der Waals surface area (Å²) < 4.78 is 0. The fraction of sp³-hybridized carbons (Fsp3) is 0.263. The molecule has 1 unspecified atom stereocenters. The lowest BCUT2D eigenvalue weighted by atomic mass is 9.88. The molecule has 0 saturated heterocycles. The maximum absolute atomic E-state index is 12.9. The number of anilines is 1. The summed E-state index contributed by atoms with van der Waals surface area (Å²) in [6.45, 7) is 0.544. The predicted molar refractivity (Wildman–Crippen MR) is 90.1 cm³/mol. The van der Waals surface area contributed by atoms with E-state index in [-0.39, 0.29) is 18.2 Å². The standard InChI is InChI=1S/C19H20N2O2/c1-20(13-14-8-4-3-5-9-14)19(23)16-12-18(22)21(2)17-11-7-6-10-15(16)17/h3-11,16H,12-13H2,1-2H3. The summed E-state index contributed by atoms with van der Waals surface area (Å²) in [5, 5.41) is 0. The third-order valence-corrected chi connectivity index (χ3v) is 4.36. The molecule has 1 atom stereocenters. The van der Waals surface area contributed by atoms with Gasteiger partial charge in [0.05, 0.1) is 5.92 Å². The molecule has 4 nitrogen and oxygen atoms in total. The van der Waals surface area contributed by atoms with Crippen molar-refractivity contribution in [2.45, 2.75) is 18.9 Å². The number of rotatable bonds is 3.